The van der Waals surface area contributed by atoms with Crippen molar-refractivity contribution in [2.24, 2.45) is 0 Å². The van der Waals surface area contributed by atoms with Crippen molar-refractivity contribution in [1.82, 2.24) is 0 Å². The van der Waals surface area contributed by atoms with Gasteiger partial charge in [0.25, 0.3) is 0 Å². The predicted molar refractivity (Wildman–Crippen MR) is 72.3 cm³/mol. The van der Waals surface area contributed by atoms with Crippen molar-refractivity contribution >= 4 is 21.9 Å². The summed E-state index contributed by atoms with van der Waals surface area (Å²) in [7, 11) is 0. The van der Waals surface area contributed by atoms with Crippen LogP contribution in [0.3, 0.4) is 0 Å². The van der Waals surface area contributed by atoms with Crippen molar-refractivity contribution in [3.05, 3.63) is 58.1 Å². The molecule has 0 spiro atoms. The van der Waals surface area contributed by atoms with Crippen LogP contribution >= 0.6 is 15.9 Å². The second kappa shape index (κ2) is 5.55. The van der Waals surface area contributed by atoms with Crippen LogP contribution in [-0.2, 0) is 0 Å². The Morgan fingerprint density at radius 3 is 2.58 bits per heavy atom. The molecule has 0 heterocycles. The number of carbonyl (C=O) groups is 1. The minimum absolute atomic E-state index is 0.158. The van der Waals surface area contributed by atoms with Crippen LogP contribution in [-0.4, -0.2) is 11.1 Å². The molecule has 2 aromatic carbocycles. The molecule has 0 aromatic heterocycles. The Morgan fingerprint density at radius 2 is 1.95 bits per heavy atom. The summed E-state index contributed by atoms with van der Waals surface area (Å²) in [6.07, 6.45) is 0. The van der Waals surface area contributed by atoms with Gasteiger partial charge in [0.05, 0.1) is 11.1 Å². The molecule has 0 saturated heterocycles. The molecule has 0 aliphatic rings. The van der Waals surface area contributed by atoms with Gasteiger partial charge in [-0.05, 0) is 52.3 Å². The first-order valence-electron chi connectivity index (χ1n) is 5.31. The van der Waals surface area contributed by atoms with E-state index in [0.29, 0.717) is 21.5 Å². The molecule has 2 aromatic rings. The first kappa shape index (κ1) is 13.1. The minimum Gasteiger partial charge on any atom is -0.478 e. The molecule has 0 unspecified atom stereocenters. The van der Waals surface area contributed by atoms with Crippen LogP contribution in [0.2, 0.25) is 0 Å². The molecule has 94 valence electrons. The third-order valence-electron chi connectivity index (χ3n) is 2.38. The van der Waals surface area contributed by atoms with E-state index in [2.05, 4.69) is 15.9 Å². The van der Waals surface area contributed by atoms with Gasteiger partial charge in [-0.15, -0.1) is 0 Å². The molecule has 0 radical (unpaired) electrons. The van der Waals surface area contributed by atoms with Crippen molar-refractivity contribution in [2.45, 2.75) is 0 Å². The predicted octanol–water partition coefficient (Wildman–Crippen LogP) is 3.81. The Bertz CT molecular complexity index is 677. The normalized spacial score (nSPS) is 9.68. The highest BCUT2D eigenvalue weighted by molar-refractivity contribution is 9.10. The van der Waals surface area contributed by atoms with Gasteiger partial charge in [0.2, 0.25) is 0 Å². The molecule has 0 aliphatic heterocycles. The maximum atomic E-state index is 10.8. The smallest absolute Gasteiger partial charge is 0.335 e. The van der Waals surface area contributed by atoms with E-state index >= 15 is 0 Å². The summed E-state index contributed by atoms with van der Waals surface area (Å²) in [5.41, 5.74) is 0.664. The van der Waals surface area contributed by atoms with Crippen molar-refractivity contribution in [2.75, 3.05) is 0 Å². The van der Waals surface area contributed by atoms with Gasteiger partial charge in [-0.25, -0.2) is 4.79 Å². The van der Waals surface area contributed by atoms with Crippen molar-refractivity contribution in [3.63, 3.8) is 0 Å². The first-order chi connectivity index (χ1) is 9.10. The quantitative estimate of drug-likeness (QED) is 0.934. The fraction of sp³-hybridized carbons (Fsp3) is 0. The molecule has 19 heavy (non-hydrogen) atoms. The number of carboxylic acids is 1. The third-order valence-corrected chi connectivity index (χ3v) is 3.03. The largest absolute Gasteiger partial charge is 0.478 e. The topological polar surface area (TPSA) is 70.3 Å². The van der Waals surface area contributed by atoms with Gasteiger partial charge in [-0.1, -0.05) is 6.07 Å². The van der Waals surface area contributed by atoms with E-state index in [-0.39, 0.29) is 5.56 Å². The van der Waals surface area contributed by atoms with Crippen LogP contribution in [0.5, 0.6) is 11.5 Å². The molecule has 0 atom stereocenters. The molecular formula is C14H8BrNO3. The second-order valence-electron chi connectivity index (χ2n) is 3.69. The zero-order valence-electron chi connectivity index (χ0n) is 9.63. The molecule has 0 saturated carbocycles. The fourth-order valence-corrected chi connectivity index (χ4v) is 1.93. The summed E-state index contributed by atoms with van der Waals surface area (Å²) < 4.78 is 6.17. The van der Waals surface area contributed by atoms with Gasteiger partial charge in [0.1, 0.15) is 17.6 Å². The lowest BCUT2D eigenvalue weighted by atomic mass is 10.2. The Hall–Kier alpha value is -2.32. The Balaban J connectivity index is 2.26. The summed E-state index contributed by atoms with van der Waals surface area (Å²) in [5.74, 6) is -0.0589. The number of aromatic carboxylic acids is 1. The number of hydrogen-bond donors (Lipinski definition) is 1. The Kier molecular flexibility index (Phi) is 3.83. The second-order valence-corrected chi connectivity index (χ2v) is 4.54. The van der Waals surface area contributed by atoms with Crippen LogP contribution in [0.25, 0.3) is 0 Å². The van der Waals surface area contributed by atoms with E-state index in [0.717, 1.165) is 0 Å². The molecule has 0 bridgehead atoms. The number of halogens is 1. The van der Waals surface area contributed by atoms with E-state index in [1.54, 1.807) is 30.3 Å². The minimum atomic E-state index is -1.01. The molecule has 1 N–H and O–H groups in total. The number of rotatable bonds is 3. The standard InChI is InChI=1S/C14H8BrNO3/c15-13-7-12(5-4-10(13)8-16)19-11-3-1-2-9(6-11)14(17)18/h1-7H,(H,17,18). The summed E-state index contributed by atoms with van der Waals surface area (Å²) >= 11 is 3.26. The summed E-state index contributed by atoms with van der Waals surface area (Å²) in [5, 5.41) is 17.7. The maximum Gasteiger partial charge on any atom is 0.335 e. The lowest BCUT2D eigenvalue weighted by Gasteiger charge is -2.07. The number of nitriles is 1. The molecule has 0 fully saturated rings. The van der Waals surface area contributed by atoms with Crippen LogP contribution in [0.4, 0.5) is 0 Å². The summed E-state index contributed by atoms with van der Waals surface area (Å²) in [6.45, 7) is 0. The lowest BCUT2D eigenvalue weighted by molar-refractivity contribution is 0.0696. The maximum absolute atomic E-state index is 10.8. The van der Waals surface area contributed by atoms with Crippen molar-refractivity contribution in [3.8, 4) is 17.6 Å². The average Bonchev–Trinajstić information content (AvgIpc) is 2.39. The van der Waals surface area contributed by atoms with Gasteiger partial charge in [-0.3, -0.25) is 0 Å². The van der Waals surface area contributed by atoms with E-state index in [1.165, 1.54) is 12.1 Å². The molecule has 0 aliphatic carbocycles. The number of benzene rings is 2. The highest BCUT2D eigenvalue weighted by Crippen LogP contribution is 2.27. The molecule has 2 rings (SSSR count). The van der Waals surface area contributed by atoms with E-state index in [1.807, 2.05) is 6.07 Å². The molecule has 0 amide bonds. The zero-order chi connectivity index (χ0) is 13.8. The Morgan fingerprint density at radius 1 is 1.21 bits per heavy atom. The monoisotopic (exact) mass is 317 g/mol. The van der Waals surface area contributed by atoms with Crippen molar-refractivity contribution in [1.29, 1.82) is 5.26 Å². The fourth-order valence-electron chi connectivity index (χ4n) is 1.48. The Labute approximate surface area is 118 Å². The van der Waals surface area contributed by atoms with E-state index in [4.69, 9.17) is 15.1 Å². The highest BCUT2D eigenvalue weighted by atomic mass is 79.9. The zero-order valence-corrected chi connectivity index (χ0v) is 11.2. The van der Waals surface area contributed by atoms with E-state index < -0.39 is 5.97 Å². The van der Waals surface area contributed by atoms with Crippen molar-refractivity contribution < 1.29 is 14.6 Å². The van der Waals surface area contributed by atoms with Crippen LogP contribution in [0.1, 0.15) is 15.9 Å². The molecule has 5 heteroatoms. The van der Waals surface area contributed by atoms with Gasteiger partial charge >= 0.3 is 5.97 Å². The van der Waals surface area contributed by atoms with E-state index in [9.17, 15) is 4.79 Å². The SMILES string of the molecule is N#Cc1ccc(Oc2cccc(C(=O)O)c2)cc1Br. The van der Waals surface area contributed by atoms with Gasteiger partial charge in [-0.2, -0.15) is 5.26 Å². The summed E-state index contributed by atoms with van der Waals surface area (Å²) in [4.78, 5) is 10.8. The van der Waals surface area contributed by atoms with Gasteiger partial charge in [0, 0.05) is 4.47 Å². The molecule has 4 nitrogen and oxygen atoms in total. The van der Waals surface area contributed by atoms with Gasteiger partial charge < -0.3 is 9.84 Å². The number of carboxylic acid groups (broad SMARTS) is 1. The number of nitrogens with zero attached hydrogens (tertiary/aromatic N) is 1. The number of hydrogen-bond acceptors (Lipinski definition) is 3. The first-order valence-corrected chi connectivity index (χ1v) is 6.10. The van der Waals surface area contributed by atoms with Crippen LogP contribution < -0.4 is 4.74 Å². The van der Waals surface area contributed by atoms with Crippen LogP contribution in [0, 0.1) is 11.3 Å². The summed E-state index contributed by atoms with van der Waals surface area (Å²) in [6, 6.07) is 13.2. The van der Waals surface area contributed by atoms with Crippen LogP contribution in [0.15, 0.2) is 46.9 Å². The average molecular weight is 318 g/mol. The third kappa shape index (κ3) is 3.12. The number of ether oxygens (including phenoxy) is 1. The van der Waals surface area contributed by atoms with Gasteiger partial charge in [0.15, 0.2) is 0 Å². The highest BCUT2D eigenvalue weighted by Gasteiger charge is 2.06. The molecular weight excluding hydrogens is 310 g/mol. The lowest BCUT2D eigenvalue weighted by Crippen LogP contribution is -1.96.